The van der Waals surface area contributed by atoms with E-state index in [1.807, 2.05) is 0 Å². The van der Waals surface area contributed by atoms with Crippen LogP contribution in [0.25, 0.3) is 5.76 Å². The fourth-order valence-corrected chi connectivity index (χ4v) is 3.62. The van der Waals surface area contributed by atoms with Crippen LogP contribution in [0.3, 0.4) is 0 Å². The number of nitro groups is 1. The lowest BCUT2D eigenvalue weighted by atomic mass is 9.95. The molecule has 1 aliphatic rings. The summed E-state index contributed by atoms with van der Waals surface area (Å²) in [5.41, 5.74) is 0.888. The minimum absolute atomic E-state index is 0.0280. The van der Waals surface area contributed by atoms with E-state index in [-0.39, 0.29) is 23.4 Å². The molecule has 0 radical (unpaired) electrons. The summed E-state index contributed by atoms with van der Waals surface area (Å²) in [6, 6.07) is 12.7. The first-order chi connectivity index (χ1) is 15.4. The largest absolute Gasteiger partial charge is 0.507 e. The third kappa shape index (κ3) is 3.83. The molecule has 2 aromatic carbocycles. The number of aromatic nitrogens is 1. The molecule has 0 aliphatic carbocycles. The Morgan fingerprint density at radius 1 is 1.09 bits per heavy atom. The Kier molecular flexibility index (Phi) is 5.46. The number of carbonyl (C=O) groups is 2. The van der Waals surface area contributed by atoms with Gasteiger partial charge in [-0.25, -0.2) is 4.39 Å². The molecule has 4 rings (SSSR count). The smallest absolute Gasteiger partial charge is 0.295 e. The first-order valence-electron chi connectivity index (χ1n) is 9.54. The molecule has 32 heavy (non-hydrogen) atoms. The quantitative estimate of drug-likeness (QED) is 0.216. The molecule has 8 nitrogen and oxygen atoms in total. The second-order valence-corrected chi connectivity index (χ2v) is 7.14. The minimum atomic E-state index is -0.999. The molecule has 0 saturated carbocycles. The van der Waals surface area contributed by atoms with Gasteiger partial charge >= 0.3 is 0 Å². The zero-order valence-corrected chi connectivity index (χ0v) is 16.5. The summed E-state index contributed by atoms with van der Waals surface area (Å²) >= 11 is 0. The van der Waals surface area contributed by atoms with Gasteiger partial charge in [0, 0.05) is 36.6 Å². The number of Topliss-reactive ketones (excluding diaryl/α,β-unsaturated/α-hetero) is 1. The number of ketones is 1. The van der Waals surface area contributed by atoms with Crippen molar-refractivity contribution in [3.63, 3.8) is 0 Å². The number of halogens is 1. The van der Waals surface area contributed by atoms with Crippen molar-refractivity contribution in [2.75, 3.05) is 0 Å². The molecule has 0 bridgehead atoms. The number of non-ortho nitro benzene ring substituents is 1. The van der Waals surface area contributed by atoms with Crippen molar-refractivity contribution < 1.29 is 24.0 Å². The van der Waals surface area contributed by atoms with Gasteiger partial charge in [0.05, 0.1) is 16.5 Å². The van der Waals surface area contributed by atoms with E-state index in [0.29, 0.717) is 11.1 Å². The van der Waals surface area contributed by atoms with E-state index in [1.54, 1.807) is 24.5 Å². The number of carbonyl (C=O) groups excluding carboxylic acids is 2. The molecule has 0 unspecified atom stereocenters. The Hall–Kier alpha value is -4.40. The van der Waals surface area contributed by atoms with Crippen molar-refractivity contribution in [2.24, 2.45) is 0 Å². The van der Waals surface area contributed by atoms with Crippen LogP contribution in [0.5, 0.6) is 0 Å². The van der Waals surface area contributed by atoms with Crippen LogP contribution in [0, 0.1) is 15.9 Å². The highest BCUT2D eigenvalue weighted by Gasteiger charge is 2.46. The summed E-state index contributed by atoms with van der Waals surface area (Å²) in [5, 5.41) is 21.9. The number of nitrogens with zero attached hydrogens (tertiary/aromatic N) is 3. The molecule has 1 aromatic heterocycles. The summed E-state index contributed by atoms with van der Waals surface area (Å²) in [6.45, 7) is 0.0280. The van der Waals surface area contributed by atoms with Crippen LogP contribution in [-0.2, 0) is 16.1 Å². The van der Waals surface area contributed by atoms with Crippen LogP contribution in [0.1, 0.15) is 22.7 Å². The van der Waals surface area contributed by atoms with Gasteiger partial charge in [0.25, 0.3) is 17.4 Å². The molecule has 1 saturated heterocycles. The highest BCUT2D eigenvalue weighted by molar-refractivity contribution is 6.46. The van der Waals surface area contributed by atoms with Crippen molar-refractivity contribution >= 4 is 23.1 Å². The lowest BCUT2D eigenvalue weighted by Crippen LogP contribution is -2.29. The van der Waals surface area contributed by atoms with Gasteiger partial charge < -0.3 is 10.0 Å². The third-order valence-corrected chi connectivity index (χ3v) is 5.15. The van der Waals surface area contributed by atoms with Crippen LogP contribution >= 0.6 is 0 Å². The maximum atomic E-state index is 13.3. The predicted octanol–water partition coefficient (Wildman–Crippen LogP) is 3.75. The zero-order chi connectivity index (χ0) is 22.8. The Labute approximate surface area is 181 Å². The molecular formula is C23H16FN3O5. The van der Waals surface area contributed by atoms with Crippen LogP contribution in [0.4, 0.5) is 10.1 Å². The monoisotopic (exact) mass is 433 g/mol. The van der Waals surface area contributed by atoms with Gasteiger partial charge in [0.2, 0.25) is 0 Å². The molecule has 9 heteroatoms. The SMILES string of the molecule is O=C1C(=O)N(Cc2cccnc2)[C@H](c2ccc([N+](=O)[O-])cc2)C1=C(O)c1ccc(F)cc1. The van der Waals surface area contributed by atoms with Gasteiger partial charge in [0.1, 0.15) is 11.6 Å². The first kappa shape index (κ1) is 20.9. The fraction of sp³-hybridized carbons (Fsp3) is 0.0870. The molecule has 3 aromatic rings. The molecule has 1 aliphatic heterocycles. The van der Waals surface area contributed by atoms with Crippen LogP contribution in [0.15, 0.2) is 78.6 Å². The van der Waals surface area contributed by atoms with Gasteiger partial charge in [-0.15, -0.1) is 0 Å². The summed E-state index contributed by atoms with van der Waals surface area (Å²) in [4.78, 5) is 41.6. The summed E-state index contributed by atoms with van der Waals surface area (Å²) < 4.78 is 13.3. The molecule has 1 atom stereocenters. The van der Waals surface area contributed by atoms with Gasteiger partial charge in [-0.2, -0.15) is 0 Å². The lowest BCUT2D eigenvalue weighted by molar-refractivity contribution is -0.384. The molecule has 0 spiro atoms. The number of pyridine rings is 1. The van der Waals surface area contributed by atoms with Gasteiger partial charge in [-0.05, 0) is 53.6 Å². The lowest BCUT2D eigenvalue weighted by Gasteiger charge is -2.25. The second kappa shape index (κ2) is 8.38. The maximum Gasteiger partial charge on any atom is 0.295 e. The number of aliphatic hydroxyl groups is 1. The molecule has 1 amide bonds. The molecular weight excluding hydrogens is 417 g/mol. The van der Waals surface area contributed by atoms with Gasteiger partial charge in [-0.1, -0.05) is 6.07 Å². The summed E-state index contributed by atoms with van der Waals surface area (Å²) in [6.07, 6.45) is 3.12. The zero-order valence-electron chi connectivity index (χ0n) is 16.5. The average molecular weight is 433 g/mol. The van der Waals surface area contributed by atoms with Crippen molar-refractivity contribution in [3.8, 4) is 0 Å². The van der Waals surface area contributed by atoms with Crippen molar-refractivity contribution in [3.05, 3.63) is 111 Å². The van der Waals surface area contributed by atoms with E-state index in [2.05, 4.69) is 4.98 Å². The average Bonchev–Trinajstić information content (AvgIpc) is 3.05. The third-order valence-electron chi connectivity index (χ3n) is 5.15. The number of likely N-dealkylation sites (tertiary alicyclic amines) is 1. The van der Waals surface area contributed by atoms with E-state index in [1.165, 1.54) is 41.3 Å². The summed E-state index contributed by atoms with van der Waals surface area (Å²) in [5.74, 6) is -2.72. The molecule has 1 fully saturated rings. The van der Waals surface area contributed by atoms with Crippen LogP contribution < -0.4 is 0 Å². The standard InChI is InChI=1S/C23H16FN3O5/c24-17-7-3-16(4-8-17)21(28)19-20(15-5-9-18(10-6-15)27(31)32)26(23(30)22(19)29)13-14-2-1-11-25-12-14/h1-12,20,28H,13H2/t20-/m1/s1. The molecule has 160 valence electrons. The number of hydrogen-bond acceptors (Lipinski definition) is 6. The number of benzene rings is 2. The predicted molar refractivity (Wildman–Crippen MR) is 112 cm³/mol. The maximum absolute atomic E-state index is 13.3. The van der Waals surface area contributed by atoms with Crippen molar-refractivity contribution in [1.29, 1.82) is 0 Å². The Morgan fingerprint density at radius 3 is 2.38 bits per heavy atom. The Balaban J connectivity index is 1.85. The van der Waals surface area contributed by atoms with E-state index < -0.39 is 34.2 Å². The second-order valence-electron chi connectivity index (χ2n) is 7.14. The molecule has 1 N–H and O–H groups in total. The topological polar surface area (TPSA) is 114 Å². The number of amides is 1. The highest BCUT2D eigenvalue weighted by Crippen LogP contribution is 2.40. The fourth-order valence-electron chi connectivity index (χ4n) is 3.62. The van der Waals surface area contributed by atoms with Crippen molar-refractivity contribution in [1.82, 2.24) is 9.88 Å². The summed E-state index contributed by atoms with van der Waals surface area (Å²) in [7, 11) is 0. The number of rotatable bonds is 5. The number of aliphatic hydroxyl groups excluding tert-OH is 1. The van der Waals surface area contributed by atoms with Gasteiger partial charge in [-0.3, -0.25) is 24.7 Å². The number of nitro benzene ring substituents is 1. The Morgan fingerprint density at radius 2 is 1.78 bits per heavy atom. The number of hydrogen-bond donors (Lipinski definition) is 1. The molecule has 2 heterocycles. The van der Waals surface area contributed by atoms with Crippen LogP contribution in [-0.4, -0.2) is 31.6 Å². The van der Waals surface area contributed by atoms with E-state index in [4.69, 9.17) is 0 Å². The highest BCUT2D eigenvalue weighted by atomic mass is 19.1. The van der Waals surface area contributed by atoms with Gasteiger partial charge in [0.15, 0.2) is 0 Å². The normalized spacial score (nSPS) is 17.5. The minimum Gasteiger partial charge on any atom is -0.507 e. The van der Waals surface area contributed by atoms with E-state index in [9.17, 15) is 29.2 Å². The van der Waals surface area contributed by atoms with Crippen molar-refractivity contribution in [2.45, 2.75) is 12.6 Å². The Bertz CT molecular complexity index is 1220. The first-order valence-corrected chi connectivity index (χ1v) is 9.54. The van der Waals surface area contributed by atoms with E-state index in [0.717, 1.165) is 12.1 Å². The van der Waals surface area contributed by atoms with Crippen LogP contribution in [0.2, 0.25) is 0 Å². The van der Waals surface area contributed by atoms with E-state index >= 15 is 0 Å².